The lowest BCUT2D eigenvalue weighted by atomic mass is 10.1. The molecule has 0 saturated heterocycles. The Labute approximate surface area is 146 Å². The number of para-hydroxylation sites is 2. The largest absolute Gasteiger partial charge is 0.492 e. The smallest absolute Gasteiger partial charge is 0.338 e. The lowest BCUT2D eigenvalue weighted by Crippen LogP contribution is -2.21. The highest BCUT2D eigenvalue weighted by atomic mass is 16.5. The van der Waals surface area contributed by atoms with E-state index in [-0.39, 0.29) is 6.61 Å². The number of carbonyl (C=O) groups is 2. The highest BCUT2D eigenvalue weighted by Gasteiger charge is 2.12. The van der Waals surface area contributed by atoms with E-state index in [2.05, 4.69) is 5.32 Å². The molecule has 0 heterocycles. The van der Waals surface area contributed by atoms with E-state index in [0.717, 1.165) is 5.56 Å². The van der Waals surface area contributed by atoms with Crippen LogP contribution in [-0.2, 0) is 20.9 Å². The summed E-state index contributed by atoms with van der Waals surface area (Å²) in [4.78, 5) is 24.0. The molecule has 6 nitrogen and oxygen atoms in total. The Morgan fingerprint density at radius 2 is 1.76 bits per heavy atom. The molecule has 0 saturated carbocycles. The summed E-state index contributed by atoms with van der Waals surface area (Å²) in [6.07, 6.45) is 0. The Hall–Kier alpha value is -2.86. The van der Waals surface area contributed by atoms with Gasteiger partial charge < -0.3 is 19.5 Å². The van der Waals surface area contributed by atoms with Crippen molar-refractivity contribution in [2.24, 2.45) is 0 Å². The molecule has 0 radical (unpaired) electrons. The maximum atomic E-state index is 12.0. The number of amides is 1. The van der Waals surface area contributed by atoms with Gasteiger partial charge in [-0.05, 0) is 36.8 Å². The Morgan fingerprint density at radius 3 is 2.44 bits per heavy atom. The van der Waals surface area contributed by atoms with Crippen LogP contribution in [-0.4, -0.2) is 32.2 Å². The fourth-order valence-electron chi connectivity index (χ4n) is 2.16. The third-order valence-corrected chi connectivity index (χ3v) is 3.30. The Balaban J connectivity index is 1.88. The van der Waals surface area contributed by atoms with Gasteiger partial charge in [-0.3, -0.25) is 4.79 Å². The molecule has 0 aliphatic heterocycles. The fourth-order valence-corrected chi connectivity index (χ4v) is 2.16. The van der Waals surface area contributed by atoms with Crippen molar-refractivity contribution < 1.29 is 23.8 Å². The number of ether oxygens (including phenoxy) is 3. The first-order chi connectivity index (χ1) is 12.1. The van der Waals surface area contributed by atoms with E-state index >= 15 is 0 Å². The first kappa shape index (κ1) is 18.5. The van der Waals surface area contributed by atoms with Crippen molar-refractivity contribution in [2.45, 2.75) is 13.5 Å². The molecular formula is C19H21NO5. The van der Waals surface area contributed by atoms with Gasteiger partial charge in [0, 0.05) is 7.11 Å². The molecule has 6 heteroatoms. The molecule has 0 bridgehead atoms. The van der Waals surface area contributed by atoms with Crippen LogP contribution in [0.3, 0.4) is 0 Å². The number of rotatable bonds is 8. The molecule has 0 unspecified atom stereocenters. The van der Waals surface area contributed by atoms with Gasteiger partial charge in [-0.1, -0.05) is 24.3 Å². The zero-order chi connectivity index (χ0) is 18.1. The average molecular weight is 343 g/mol. The first-order valence-corrected chi connectivity index (χ1v) is 7.90. The normalized spacial score (nSPS) is 10.2. The Bertz CT molecular complexity index is 712. The summed E-state index contributed by atoms with van der Waals surface area (Å²) in [7, 11) is 1.60. The van der Waals surface area contributed by atoms with Crippen molar-refractivity contribution in [3.8, 4) is 5.75 Å². The van der Waals surface area contributed by atoms with Gasteiger partial charge in [0.1, 0.15) is 5.75 Å². The molecule has 132 valence electrons. The summed E-state index contributed by atoms with van der Waals surface area (Å²) in [5, 5.41) is 2.67. The van der Waals surface area contributed by atoms with E-state index in [1.807, 2.05) is 13.0 Å². The SMILES string of the molecule is CCOc1ccccc1NC(=O)COC(=O)c1ccc(COC)cc1. The second-order valence-electron chi connectivity index (χ2n) is 5.18. The van der Waals surface area contributed by atoms with Crippen LogP contribution in [0.4, 0.5) is 5.69 Å². The van der Waals surface area contributed by atoms with E-state index in [0.29, 0.717) is 30.2 Å². The Kier molecular flexibility index (Phi) is 6.98. The predicted molar refractivity (Wildman–Crippen MR) is 93.7 cm³/mol. The fraction of sp³-hybridized carbons (Fsp3) is 0.263. The lowest BCUT2D eigenvalue weighted by molar-refractivity contribution is -0.119. The molecule has 0 atom stereocenters. The van der Waals surface area contributed by atoms with Crippen LogP contribution >= 0.6 is 0 Å². The minimum atomic E-state index is -0.558. The minimum absolute atomic E-state index is 0.376. The highest BCUT2D eigenvalue weighted by Crippen LogP contribution is 2.23. The van der Waals surface area contributed by atoms with Crippen molar-refractivity contribution >= 4 is 17.6 Å². The zero-order valence-corrected chi connectivity index (χ0v) is 14.3. The van der Waals surface area contributed by atoms with E-state index in [1.54, 1.807) is 49.6 Å². The zero-order valence-electron chi connectivity index (χ0n) is 14.3. The first-order valence-electron chi connectivity index (χ1n) is 7.90. The topological polar surface area (TPSA) is 73.9 Å². The van der Waals surface area contributed by atoms with E-state index < -0.39 is 11.9 Å². The molecule has 0 spiro atoms. The number of hydrogen-bond acceptors (Lipinski definition) is 5. The third-order valence-electron chi connectivity index (χ3n) is 3.30. The molecule has 2 rings (SSSR count). The van der Waals surface area contributed by atoms with E-state index in [1.165, 1.54) is 0 Å². The second kappa shape index (κ2) is 9.44. The van der Waals surface area contributed by atoms with Crippen LogP contribution in [0.25, 0.3) is 0 Å². The standard InChI is InChI=1S/C19H21NO5/c1-3-24-17-7-5-4-6-16(17)20-18(21)13-25-19(22)15-10-8-14(9-11-15)12-23-2/h4-11H,3,12-13H2,1-2H3,(H,20,21). The van der Waals surface area contributed by atoms with E-state index in [4.69, 9.17) is 14.2 Å². The van der Waals surface area contributed by atoms with Crippen molar-refractivity contribution in [2.75, 3.05) is 25.6 Å². The molecule has 0 aliphatic rings. The molecule has 1 N–H and O–H groups in total. The summed E-state index contributed by atoms with van der Waals surface area (Å²) >= 11 is 0. The molecular weight excluding hydrogens is 322 g/mol. The van der Waals surface area contributed by atoms with Gasteiger partial charge in [0.2, 0.25) is 0 Å². The minimum Gasteiger partial charge on any atom is -0.492 e. The number of nitrogens with one attached hydrogen (secondary N) is 1. The quantitative estimate of drug-likeness (QED) is 0.746. The van der Waals surface area contributed by atoms with Gasteiger partial charge in [0.05, 0.1) is 24.5 Å². The van der Waals surface area contributed by atoms with Crippen LogP contribution in [0, 0.1) is 0 Å². The predicted octanol–water partition coefficient (Wildman–Crippen LogP) is 3.03. The lowest BCUT2D eigenvalue weighted by Gasteiger charge is -2.11. The van der Waals surface area contributed by atoms with E-state index in [9.17, 15) is 9.59 Å². The van der Waals surface area contributed by atoms with Crippen molar-refractivity contribution in [1.82, 2.24) is 0 Å². The van der Waals surface area contributed by atoms with Crippen molar-refractivity contribution in [3.63, 3.8) is 0 Å². The van der Waals surface area contributed by atoms with Crippen LogP contribution in [0.1, 0.15) is 22.8 Å². The summed E-state index contributed by atoms with van der Waals surface area (Å²) < 4.78 is 15.5. The highest BCUT2D eigenvalue weighted by molar-refractivity contribution is 5.96. The van der Waals surface area contributed by atoms with Gasteiger partial charge in [-0.25, -0.2) is 4.79 Å². The second-order valence-corrected chi connectivity index (χ2v) is 5.18. The van der Waals surface area contributed by atoms with Crippen LogP contribution in [0.5, 0.6) is 5.75 Å². The van der Waals surface area contributed by atoms with Gasteiger partial charge in [0.15, 0.2) is 6.61 Å². The molecule has 0 aliphatic carbocycles. The average Bonchev–Trinajstić information content (AvgIpc) is 2.62. The van der Waals surface area contributed by atoms with Crippen LogP contribution < -0.4 is 10.1 Å². The number of anilines is 1. The summed E-state index contributed by atoms with van der Waals surface area (Å²) in [5.41, 5.74) is 1.86. The van der Waals surface area contributed by atoms with Gasteiger partial charge in [-0.15, -0.1) is 0 Å². The molecule has 0 fully saturated rings. The number of carbonyl (C=O) groups excluding carboxylic acids is 2. The molecule has 1 amide bonds. The molecule has 25 heavy (non-hydrogen) atoms. The molecule has 2 aromatic rings. The van der Waals surface area contributed by atoms with Crippen LogP contribution in [0.15, 0.2) is 48.5 Å². The molecule has 2 aromatic carbocycles. The maximum Gasteiger partial charge on any atom is 0.338 e. The monoisotopic (exact) mass is 343 g/mol. The van der Waals surface area contributed by atoms with Gasteiger partial charge >= 0.3 is 5.97 Å². The molecule has 0 aromatic heterocycles. The van der Waals surface area contributed by atoms with Gasteiger partial charge in [-0.2, -0.15) is 0 Å². The summed E-state index contributed by atoms with van der Waals surface area (Å²) in [5.74, 6) is -0.424. The number of hydrogen-bond donors (Lipinski definition) is 1. The van der Waals surface area contributed by atoms with Crippen LogP contribution in [0.2, 0.25) is 0 Å². The summed E-state index contributed by atoms with van der Waals surface area (Å²) in [6.45, 7) is 2.44. The van der Waals surface area contributed by atoms with Crippen molar-refractivity contribution in [1.29, 1.82) is 0 Å². The van der Waals surface area contributed by atoms with Crippen molar-refractivity contribution in [3.05, 3.63) is 59.7 Å². The number of benzene rings is 2. The third kappa shape index (κ3) is 5.61. The number of methoxy groups -OCH3 is 1. The van der Waals surface area contributed by atoms with Gasteiger partial charge in [0.25, 0.3) is 5.91 Å². The Morgan fingerprint density at radius 1 is 1.04 bits per heavy atom. The maximum absolute atomic E-state index is 12.0. The number of esters is 1. The summed E-state index contributed by atoms with van der Waals surface area (Å²) in [6, 6.07) is 13.9.